The first-order chi connectivity index (χ1) is 11.0. The zero-order valence-electron chi connectivity index (χ0n) is 12.2. The summed E-state index contributed by atoms with van der Waals surface area (Å²) in [6, 6.07) is 7.94. The highest BCUT2D eigenvalue weighted by molar-refractivity contribution is 7.91. The van der Waals surface area contributed by atoms with Gasteiger partial charge in [-0.15, -0.1) is 0 Å². The van der Waals surface area contributed by atoms with Crippen molar-refractivity contribution in [1.82, 2.24) is 0 Å². The van der Waals surface area contributed by atoms with Crippen LogP contribution in [0.3, 0.4) is 0 Å². The zero-order chi connectivity index (χ0) is 16.2. The van der Waals surface area contributed by atoms with Gasteiger partial charge in [-0.1, -0.05) is 24.3 Å². The third-order valence-electron chi connectivity index (χ3n) is 4.51. The molecule has 0 fully saturated rings. The molecule has 0 atom stereocenters. The molecule has 1 aliphatic heterocycles. The van der Waals surface area contributed by atoms with Crippen molar-refractivity contribution in [1.29, 1.82) is 0 Å². The summed E-state index contributed by atoms with van der Waals surface area (Å²) in [5.41, 5.74) is 3.47. The molecule has 0 spiro atoms. The van der Waals surface area contributed by atoms with Crippen molar-refractivity contribution in [3.05, 3.63) is 58.1 Å². The van der Waals surface area contributed by atoms with Crippen molar-refractivity contribution in [3.8, 4) is 0 Å². The molecule has 0 saturated carbocycles. The van der Waals surface area contributed by atoms with E-state index in [0.29, 0.717) is 11.1 Å². The van der Waals surface area contributed by atoms with Gasteiger partial charge in [-0.2, -0.15) is 0 Å². The van der Waals surface area contributed by atoms with Crippen LogP contribution in [0.25, 0.3) is 12.2 Å². The Bertz CT molecular complexity index is 984. The topological polar surface area (TPSA) is 71.4 Å². The number of carbonyl (C=O) groups is 1. The van der Waals surface area contributed by atoms with Gasteiger partial charge in [0.1, 0.15) is 0 Å². The normalized spacial score (nSPS) is 17.0. The van der Waals surface area contributed by atoms with Gasteiger partial charge in [0.15, 0.2) is 0 Å². The van der Waals surface area contributed by atoms with Crippen LogP contribution in [0.5, 0.6) is 0 Å². The maximum atomic E-state index is 13.1. The molecule has 4 rings (SSSR count). The van der Waals surface area contributed by atoms with E-state index in [1.165, 1.54) is 17.7 Å². The van der Waals surface area contributed by atoms with E-state index in [0.717, 1.165) is 24.8 Å². The van der Waals surface area contributed by atoms with Gasteiger partial charge in [0, 0.05) is 0 Å². The Labute approximate surface area is 134 Å². The number of hydrogen-bond acceptors (Lipinski definition) is 3. The van der Waals surface area contributed by atoms with Crippen molar-refractivity contribution in [2.24, 2.45) is 0 Å². The summed E-state index contributed by atoms with van der Waals surface area (Å²) in [5, 5.41) is 9.14. The third-order valence-corrected chi connectivity index (χ3v) is 6.37. The number of benzene rings is 2. The average Bonchev–Trinajstić information content (AvgIpc) is 2.95. The molecule has 116 valence electrons. The molecule has 1 aliphatic carbocycles. The first-order valence-corrected chi connectivity index (χ1v) is 8.91. The van der Waals surface area contributed by atoms with Crippen molar-refractivity contribution in [2.45, 2.75) is 29.1 Å². The monoisotopic (exact) mass is 326 g/mol. The van der Waals surface area contributed by atoms with E-state index in [9.17, 15) is 13.2 Å². The number of fused-ring (bicyclic) bond motifs is 3. The average molecular weight is 326 g/mol. The fraction of sp³-hybridized carbons (Fsp3) is 0.167. The minimum atomic E-state index is -3.74. The first-order valence-electron chi connectivity index (χ1n) is 7.43. The zero-order valence-corrected chi connectivity index (χ0v) is 13.1. The molecule has 0 saturated heterocycles. The quantitative estimate of drug-likeness (QED) is 0.745. The smallest absolute Gasteiger partial charge is 0.335 e. The molecule has 0 unspecified atom stereocenters. The van der Waals surface area contributed by atoms with Gasteiger partial charge in [-0.05, 0) is 59.7 Å². The Morgan fingerprint density at radius 2 is 1.57 bits per heavy atom. The van der Waals surface area contributed by atoms with Gasteiger partial charge in [0.2, 0.25) is 9.84 Å². The lowest BCUT2D eigenvalue weighted by molar-refractivity contribution is 0.0696. The van der Waals surface area contributed by atoms with Gasteiger partial charge in [-0.25, -0.2) is 13.2 Å². The lowest BCUT2D eigenvalue weighted by Crippen LogP contribution is -2.08. The van der Waals surface area contributed by atoms with Crippen molar-refractivity contribution in [3.63, 3.8) is 0 Å². The Hall–Kier alpha value is -2.40. The van der Waals surface area contributed by atoms with Crippen molar-refractivity contribution in [2.75, 3.05) is 0 Å². The highest BCUT2D eigenvalue weighted by Crippen LogP contribution is 2.36. The lowest BCUT2D eigenvalue weighted by atomic mass is 10.0. The fourth-order valence-electron chi connectivity index (χ4n) is 3.32. The molecule has 0 radical (unpaired) electrons. The Morgan fingerprint density at radius 1 is 0.913 bits per heavy atom. The summed E-state index contributed by atoms with van der Waals surface area (Å²) in [4.78, 5) is 11.5. The SMILES string of the molecule is O=C(O)c1ccc2c(c1)S(=O)(=O)c1cc3c(cc1C=C2)CCC3. The van der Waals surface area contributed by atoms with Gasteiger partial charge in [0.05, 0.1) is 15.4 Å². The van der Waals surface area contributed by atoms with Gasteiger partial charge in [0.25, 0.3) is 0 Å². The van der Waals surface area contributed by atoms with Gasteiger partial charge < -0.3 is 5.11 Å². The molecular weight excluding hydrogens is 312 g/mol. The second-order valence-electron chi connectivity index (χ2n) is 5.91. The number of sulfone groups is 1. The first kappa shape index (κ1) is 14.2. The van der Waals surface area contributed by atoms with Crippen LogP contribution < -0.4 is 0 Å². The van der Waals surface area contributed by atoms with Crippen LogP contribution in [0.1, 0.15) is 39.0 Å². The van der Waals surface area contributed by atoms with Crippen molar-refractivity contribution >= 4 is 28.0 Å². The molecule has 23 heavy (non-hydrogen) atoms. The minimum absolute atomic E-state index is 0.0228. The summed E-state index contributed by atoms with van der Waals surface area (Å²) in [7, 11) is -3.74. The number of carboxylic acids is 1. The lowest BCUT2D eigenvalue weighted by Gasteiger charge is -2.11. The number of carboxylic acid groups (broad SMARTS) is 1. The Kier molecular flexibility index (Phi) is 2.96. The summed E-state index contributed by atoms with van der Waals surface area (Å²) in [6.07, 6.45) is 6.46. The standard InChI is InChI=1S/C18H14O4S/c19-18(20)15-7-5-11-4-6-14-8-12-2-1-3-13(12)9-17(14)23(21,22)16(11)10-15/h4-10H,1-3H2,(H,19,20). The predicted octanol–water partition coefficient (Wildman–Crippen LogP) is 3.19. The second-order valence-corrected chi connectivity index (χ2v) is 7.79. The van der Waals surface area contributed by atoms with E-state index < -0.39 is 15.8 Å². The summed E-state index contributed by atoms with van der Waals surface area (Å²) in [6.45, 7) is 0. The predicted molar refractivity (Wildman–Crippen MR) is 86.2 cm³/mol. The number of hydrogen-bond donors (Lipinski definition) is 1. The molecule has 2 aromatic rings. The Morgan fingerprint density at radius 3 is 2.30 bits per heavy atom. The maximum absolute atomic E-state index is 13.1. The largest absolute Gasteiger partial charge is 0.478 e. The van der Waals surface area contributed by atoms with Gasteiger partial charge in [-0.3, -0.25) is 0 Å². The van der Waals surface area contributed by atoms with Crippen LogP contribution >= 0.6 is 0 Å². The minimum Gasteiger partial charge on any atom is -0.478 e. The maximum Gasteiger partial charge on any atom is 0.335 e. The second kappa shape index (κ2) is 4.80. The molecule has 2 aliphatic rings. The van der Waals surface area contributed by atoms with E-state index in [4.69, 9.17) is 5.11 Å². The highest BCUT2D eigenvalue weighted by atomic mass is 32.2. The van der Waals surface area contributed by atoms with Gasteiger partial charge >= 0.3 is 5.97 Å². The van der Waals surface area contributed by atoms with E-state index in [1.807, 2.05) is 6.07 Å². The van der Waals surface area contributed by atoms with E-state index >= 15 is 0 Å². The van der Waals surface area contributed by atoms with Crippen LogP contribution in [0.15, 0.2) is 40.1 Å². The van der Waals surface area contributed by atoms with Crippen LogP contribution in [0, 0.1) is 0 Å². The van der Waals surface area contributed by atoms with E-state index in [2.05, 4.69) is 0 Å². The summed E-state index contributed by atoms with van der Waals surface area (Å²) in [5.74, 6) is -1.13. The molecule has 2 aromatic carbocycles. The molecular formula is C18H14O4S. The van der Waals surface area contributed by atoms with E-state index in [-0.39, 0.29) is 15.4 Å². The Balaban J connectivity index is 2.01. The third kappa shape index (κ3) is 2.11. The molecule has 5 heteroatoms. The number of aromatic carboxylic acids is 1. The van der Waals surface area contributed by atoms with Crippen LogP contribution in [-0.4, -0.2) is 19.5 Å². The summed E-state index contributed by atoms with van der Waals surface area (Å²) < 4.78 is 26.1. The van der Waals surface area contributed by atoms with Crippen LogP contribution in [-0.2, 0) is 22.7 Å². The summed E-state index contributed by atoms with van der Waals surface area (Å²) >= 11 is 0. The van der Waals surface area contributed by atoms with E-state index in [1.54, 1.807) is 24.3 Å². The molecule has 0 aromatic heterocycles. The fourth-order valence-corrected chi connectivity index (χ4v) is 5.02. The molecule has 0 bridgehead atoms. The number of aryl methyl sites for hydroxylation is 2. The van der Waals surface area contributed by atoms with Crippen LogP contribution in [0.2, 0.25) is 0 Å². The van der Waals surface area contributed by atoms with Crippen molar-refractivity contribution < 1.29 is 18.3 Å². The molecule has 1 N–H and O–H groups in total. The molecule has 0 amide bonds. The molecule has 4 nitrogen and oxygen atoms in total. The molecule has 1 heterocycles. The number of rotatable bonds is 1. The van der Waals surface area contributed by atoms with Crippen LogP contribution in [0.4, 0.5) is 0 Å². The highest BCUT2D eigenvalue weighted by Gasteiger charge is 2.28.